The molecular weight excluding hydrogens is 894 g/mol. The van der Waals surface area contributed by atoms with Gasteiger partial charge in [0.2, 0.25) is 0 Å². The summed E-state index contributed by atoms with van der Waals surface area (Å²) in [5.74, 6) is -0.890. The van der Waals surface area contributed by atoms with Crippen LogP contribution in [0.3, 0.4) is 0 Å². The van der Waals surface area contributed by atoms with Crippen molar-refractivity contribution in [3.05, 3.63) is 48.6 Å². The van der Waals surface area contributed by atoms with Gasteiger partial charge in [0.1, 0.15) is 19.8 Å². The van der Waals surface area contributed by atoms with Gasteiger partial charge in [0, 0.05) is 12.8 Å². The van der Waals surface area contributed by atoms with Crippen molar-refractivity contribution < 1.29 is 42.1 Å². The second kappa shape index (κ2) is 51.9. The van der Waals surface area contributed by atoms with E-state index in [1.165, 1.54) is 193 Å². The van der Waals surface area contributed by atoms with E-state index in [9.17, 15) is 19.0 Å². The first-order valence-electron chi connectivity index (χ1n) is 29.3. The minimum Gasteiger partial charge on any atom is -0.756 e. The number of esters is 2. The van der Waals surface area contributed by atoms with E-state index in [-0.39, 0.29) is 26.1 Å². The lowest BCUT2D eigenvalue weighted by atomic mass is 10.0. The molecule has 0 aliphatic rings. The first-order valence-corrected chi connectivity index (χ1v) is 30.8. The first kappa shape index (κ1) is 68.0. The van der Waals surface area contributed by atoms with Crippen molar-refractivity contribution in [2.45, 2.75) is 277 Å². The number of carbonyl (C=O) groups is 2. The summed E-state index contributed by atoms with van der Waals surface area (Å²) in [4.78, 5) is 37.8. The Kier molecular flexibility index (Phi) is 50.4. The van der Waals surface area contributed by atoms with Gasteiger partial charge in [0.15, 0.2) is 6.10 Å². The number of phosphoric acid groups is 1. The molecule has 9 nitrogen and oxygen atoms in total. The minimum absolute atomic E-state index is 0.0408. The number of quaternary nitrogens is 1. The maximum Gasteiger partial charge on any atom is 0.306 e. The molecule has 10 heteroatoms. The van der Waals surface area contributed by atoms with Gasteiger partial charge < -0.3 is 27.9 Å². The topological polar surface area (TPSA) is 111 Å². The smallest absolute Gasteiger partial charge is 0.306 e. The summed E-state index contributed by atoms with van der Waals surface area (Å²) < 4.78 is 34.0. The number of unbranched alkanes of at least 4 members (excludes halogenated alkanes) is 32. The number of hydrogen-bond donors (Lipinski definition) is 0. The molecular formula is C60H112NO8P. The molecule has 0 N–H and O–H groups in total. The van der Waals surface area contributed by atoms with Gasteiger partial charge in [-0.05, 0) is 51.4 Å². The molecule has 0 aliphatic carbocycles. The van der Waals surface area contributed by atoms with Gasteiger partial charge in [0.25, 0.3) is 7.82 Å². The van der Waals surface area contributed by atoms with Crippen LogP contribution in [0.25, 0.3) is 0 Å². The molecule has 0 amide bonds. The Morgan fingerprint density at radius 3 is 1.19 bits per heavy atom. The number of hydrogen-bond acceptors (Lipinski definition) is 8. The van der Waals surface area contributed by atoms with E-state index in [1.54, 1.807) is 0 Å². The quantitative estimate of drug-likeness (QED) is 0.0195. The highest BCUT2D eigenvalue weighted by Crippen LogP contribution is 2.38. The molecule has 0 saturated carbocycles. The second-order valence-corrected chi connectivity index (χ2v) is 22.4. The Bertz CT molecular complexity index is 1320. The predicted molar refractivity (Wildman–Crippen MR) is 296 cm³/mol. The monoisotopic (exact) mass is 1010 g/mol. The van der Waals surface area contributed by atoms with E-state index in [1.807, 2.05) is 27.2 Å². The molecule has 0 aliphatic heterocycles. The largest absolute Gasteiger partial charge is 0.756 e. The van der Waals surface area contributed by atoms with E-state index in [4.69, 9.17) is 18.5 Å². The summed E-state index contributed by atoms with van der Waals surface area (Å²) in [6.45, 7) is 4.18. The van der Waals surface area contributed by atoms with Crippen LogP contribution in [0.4, 0.5) is 0 Å². The lowest BCUT2D eigenvalue weighted by molar-refractivity contribution is -0.870. The maximum absolute atomic E-state index is 12.7. The van der Waals surface area contributed by atoms with Crippen molar-refractivity contribution >= 4 is 19.8 Å². The van der Waals surface area contributed by atoms with Crippen LogP contribution in [0.5, 0.6) is 0 Å². The number of carbonyl (C=O) groups excluding carboxylic acids is 2. The fourth-order valence-corrected chi connectivity index (χ4v) is 9.03. The Morgan fingerprint density at radius 2 is 0.786 bits per heavy atom. The molecule has 1 unspecified atom stereocenters. The molecule has 0 fully saturated rings. The van der Waals surface area contributed by atoms with Crippen LogP contribution in [0.15, 0.2) is 48.6 Å². The molecule has 0 bridgehead atoms. The number of rotatable bonds is 54. The summed E-state index contributed by atoms with van der Waals surface area (Å²) in [5, 5.41) is 0. The number of likely N-dealkylation sites (N-methyl/N-ethyl adjacent to an activating group) is 1. The molecule has 0 aromatic carbocycles. The van der Waals surface area contributed by atoms with Crippen LogP contribution in [0.2, 0.25) is 0 Å². The summed E-state index contributed by atoms with van der Waals surface area (Å²) >= 11 is 0. The third-order valence-electron chi connectivity index (χ3n) is 12.9. The Balaban J connectivity index is 4.10. The van der Waals surface area contributed by atoms with E-state index in [0.29, 0.717) is 23.9 Å². The highest BCUT2D eigenvalue weighted by molar-refractivity contribution is 7.45. The van der Waals surface area contributed by atoms with Gasteiger partial charge in [-0.2, -0.15) is 0 Å². The summed E-state index contributed by atoms with van der Waals surface area (Å²) in [6.07, 6.45) is 64.7. The van der Waals surface area contributed by atoms with Crippen molar-refractivity contribution in [3.63, 3.8) is 0 Å². The van der Waals surface area contributed by atoms with Gasteiger partial charge >= 0.3 is 11.9 Å². The molecule has 0 aromatic heterocycles. The Hall–Kier alpha value is -2.03. The summed E-state index contributed by atoms with van der Waals surface area (Å²) in [5.41, 5.74) is 0. The highest BCUT2D eigenvalue weighted by atomic mass is 31.2. The van der Waals surface area contributed by atoms with Crippen LogP contribution in [0, 0.1) is 0 Å². The Labute approximate surface area is 433 Å². The average molecular weight is 1010 g/mol. The van der Waals surface area contributed by atoms with Crippen molar-refractivity contribution in [1.29, 1.82) is 0 Å². The van der Waals surface area contributed by atoms with E-state index >= 15 is 0 Å². The van der Waals surface area contributed by atoms with Crippen LogP contribution in [-0.4, -0.2) is 70.0 Å². The number of phosphoric ester groups is 1. The maximum atomic E-state index is 12.7. The number of nitrogens with zero attached hydrogens (tertiary/aromatic N) is 1. The molecule has 0 aromatic rings. The standard InChI is InChI=1S/C60H112NO8P/c1-6-8-10-12-14-16-18-20-22-24-25-26-27-28-29-30-31-32-33-34-35-37-38-40-42-44-46-48-50-52-59(62)66-56-58(57-68-70(64,65)67-55-54-61(3,4)5)69-60(63)53-51-49-47-45-43-41-39-36-23-21-19-17-15-13-11-9-7-2/h15,17,21,23,39,41,45,47,58H,6-14,16,18-20,22,24-38,40,42-44,46,48-57H2,1-5H3/b17-15-,23-21-,41-39-,47-45-/t58-/m1/s1. The molecule has 0 radical (unpaired) electrons. The molecule has 0 rings (SSSR count). The van der Waals surface area contributed by atoms with Gasteiger partial charge in [0.05, 0.1) is 27.7 Å². The van der Waals surface area contributed by atoms with Crippen molar-refractivity contribution in [3.8, 4) is 0 Å². The summed E-state index contributed by atoms with van der Waals surface area (Å²) in [6, 6.07) is 0. The zero-order chi connectivity index (χ0) is 51.3. The normalized spacial score (nSPS) is 13.6. The SMILES string of the molecule is CCCCC/C=C\C/C=C\C/C=C\C/C=C\CCCC(=O)O[C@H](COC(=O)CCCCCCCCCCCCCCCCCCCCCCCCCCCCCCC)COP(=O)([O-])OCC[N+](C)(C)C. The lowest BCUT2D eigenvalue weighted by Gasteiger charge is -2.28. The summed E-state index contributed by atoms with van der Waals surface area (Å²) in [7, 11) is 1.14. The Morgan fingerprint density at radius 1 is 0.443 bits per heavy atom. The van der Waals surface area contributed by atoms with Crippen LogP contribution in [0.1, 0.15) is 271 Å². The van der Waals surface area contributed by atoms with Gasteiger partial charge in [-0.25, -0.2) is 0 Å². The fourth-order valence-electron chi connectivity index (χ4n) is 8.30. The number of allylic oxidation sites excluding steroid dienone is 8. The van der Waals surface area contributed by atoms with Crippen molar-refractivity contribution in [2.24, 2.45) is 0 Å². The lowest BCUT2D eigenvalue weighted by Crippen LogP contribution is -2.37. The van der Waals surface area contributed by atoms with Crippen LogP contribution < -0.4 is 4.89 Å². The average Bonchev–Trinajstić information content (AvgIpc) is 3.32. The minimum atomic E-state index is -4.65. The third kappa shape index (κ3) is 55.3. The van der Waals surface area contributed by atoms with Gasteiger partial charge in [-0.15, -0.1) is 0 Å². The molecule has 70 heavy (non-hydrogen) atoms. The molecule has 410 valence electrons. The molecule has 0 spiro atoms. The predicted octanol–water partition coefficient (Wildman–Crippen LogP) is 17.5. The highest BCUT2D eigenvalue weighted by Gasteiger charge is 2.21. The van der Waals surface area contributed by atoms with Crippen LogP contribution >= 0.6 is 7.82 Å². The third-order valence-corrected chi connectivity index (χ3v) is 13.8. The van der Waals surface area contributed by atoms with Gasteiger partial charge in [-0.3, -0.25) is 14.2 Å². The van der Waals surface area contributed by atoms with E-state index in [2.05, 4.69) is 56.4 Å². The second-order valence-electron chi connectivity index (χ2n) is 21.0. The number of ether oxygens (including phenoxy) is 2. The van der Waals surface area contributed by atoms with Crippen molar-refractivity contribution in [2.75, 3.05) is 47.5 Å². The molecule has 0 heterocycles. The zero-order valence-electron chi connectivity index (χ0n) is 46.5. The molecule has 2 atom stereocenters. The van der Waals surface area contributed by atoms with E-state index in [0.717, 1.165) is 38.5 Å². The van der Waals surface area contributed by atoms with Crippen LogP contribution in [-0.2, 0) is 32.7 Å². The molecule has 0 saturated heterocycles. The fraction of sp³-hybridized carbons (Fsp3) is 0.833. The van der Waals surface area contributed by atoms with Gasteiger partial charge in [-0.1, -0.05) is 255 Å². The van der Waals surface area contributed by atoms with E-state index < -0.39 is 32.5 Å². The zero-order valence-corrected chi connectivity index (χ0v) is 47.4. The van der Waals surface area contributed by atoms with Crippen molar-refractivity contribution in [1.82, 2.24) is 0 Å². The first-order chi connectivity index (χ1) is 34.0.